The Morgan fingerprint density at radius 2 is 2.12 bits per heavy atom. The van der Waals surface area contributed by atoms with Gasteiger partial charge >= 0.3 is 0 Å². The minimum Gasteiger partial charge on any atom is -0.462 e. The molecule has 0 spiro atoms. The van der Waals surface area contributed by atoms with Gasteiger partial charge in [0.15, 0.2) is 15.1 Å². The molecule has 9 heteroatoms. The van der Waals surface area contributed by atoms with Gasteiger partial charge in [0.25, 0.3) is 0 Å². The number of para-hydroxylation sites is 1. The van der Waals surface area contributed by atoms with Gasteiger partial charge in [0.2, 0.25) is 5.91 Å². The third kappa shape index (κ3) is 4.01. The average Bonchev–Trinajstić information content (AvgIpc) is 3.38. The van der Waals surface area contributed by atoms with Gasteiger partial charge < -0.3 is 9.73 Å². The fourth-order valence-corrected chi connectivity index (χ4v) is 4.53. The first-order chi connectivity index (χ1) is 12.8. The van der Waals surface area contributed by atoms with E-state index in [2.05, 4.69) is 20.5 Å². The molecule has 4 rings (SSSR count). The number of anilines is 1. The van der Waals surface area contributed by atoms with Gasteiger partial charge in [-0.25, -0.2) is 4.98 Å². The highest BCUT2D eigenvalue weighted by Gasteiger charge is 2.13. The van der Waals surface area contributed by atoms with Gasteiger partial charge in [0, 0.05) is 10.3 Å². The number of benzene rings is 1. The average molecular weight is 401 g/mol. The Bertz CT molecular complexity index is 997. The molecule has 26 heavy (non-hydrogen) atoms. The number of carbonyl (C=O) groups excluding carboxylic acids is 1. The summed E-state index contributed by atoms with van der Waals surface area (Å²) in [5, 5.41) is 13.5. The molecule has 3 heterocycles. The summed E-state index contributed by atoms with van der Waals surface area (Å²) in [6.07, 6.45) is 1.81. The van der Waals surface area contributed by atoms with E-state index in [0.29, 0.717) is 11.5 Å². The molecule has 0 aliphatic heterocycles. The third-order valence-electron chi connectivity index (χ3n) is 3.32. The van der Waals surface area contributed by atoms with E-state index in [1.807, 2.05) is 41.8 Å². The summed E-state index contributed by atoms with van der Waals surface area (Å²) in [7, 11) is 0. The zero-order valence-corrected chi connectivity index (χ0v) is 15.7. The van der Waals surface area contributed by atoms with Crippen LogP contribution in [0.3, 0.4) is 0 Å². The summed E-state index contributed by atoms with van der Waals surface area (Å²) < 4.78 is 6.16. The SMILES string of the molecule is O=C(Cc1csc(-c2ccco2)n1)Nc1ccccc1Sc1nncs1. The lowest BCUT2D eigenvalue weighted by molar-refractivity contribution is -0.115. The van der Waals surface area contributed by atoms with Crippen molar-refractivity contribution < 1.29 is 9.21 Å². The highest BCUT2D eigenvalue weighted by atomic mass is 32.2. The van der Waals surface area contributed by atoms with Crippen LogP contribution in [-0.4, -0.2) is 21.1 Å². The van der Waals surface area contributed by atoms with E-state index in [-0.39, 0.29) is 12.3 Å². The number of hydrogen-bond acceptors (Lipinski definition) is 8. The molecule has 6 nitrogen and oxygen atoms in total. The summed E-state index contributed by atoms with van der Waals surface area (Å²) in [5.74, 6) is 0.590. The summed E-state index contributed by atoms with van der Waals surface area (Å²) in [6, 6.07) is 11.3. The van der Waals surface area contributed by atoms with Crippen molar-refractivity contribution in [2.45, 2.75) is 15.7 Å². The smallest absolute Gasteiger partial charge is 0.230 e. The van der Waals surface area contributed by atoms with Crippen LogP contribution in [0.5, 0.6) is 0 Å². The predicted molar refractivity (Wildman–Crippen MR) is 103 cm³/mol. The van der Waals surface area contributed by atoms with Gasteiger partial charge in [0.05, 0.1) is 24.1 Å². The molecule has 130 valence electrons. The van der Waals surface area contributed by atoms with Crippen LogP contribution in [0.2, 0.25) is 0 Å². The molecule has 0 atom stereocenters. The molecule has 0 unspecified atom stereocenters. The maximum Gasteiger partial charge on any atom is 0.230 e. The largest absolute Gasteiger partial charge is 0.462 e. The maximum atomic E-state index is 12.4. The molecule has 1 N–H and O–H groups in total. The van der Waals surface area contributed by atoms with Crippen LogP contribution in [0.4, 0.5) is 5.69 Å². The molecule has 4 aromatic rings. The van der Waals surface area contributed by atoms with Crippen molar-refractivity contribution in [3.63, 3.8) is 0 Å². The first kappa shape index (κ1) is 17.0. The van der Waals surface area contributed by atoms with E-state index in [1.165, 1.54) is 34.4 Å². The predicted octanol–water partition coefficient (Wildman–Crippen LogP) is 4.59. The Balaban J connectivity index is 1.44. The van der Waals surface area contributed by atoms with Crippen molar-refractivity contribution in [3.05, 3.63) is 59.2 Å². The van der Waals surface area contributed by atoms with Crippen molar-refractivity contribution in [2.75, 3.05) is 5.32 Å². The molecule has 0 radical (unpaired) electrons. The topological polar surface area (TPSA) is 80.9 Å². The van der Waals surface area contributed by atoms with Crippen LogP contribution < -0.4 is 5.32 Å². The van der Waals surface area contributed by atoms with Crippen LogP contribution in [0.1, 0.15) is 5.69 Å². The second kappa shape index (κ2) is 7.81. The van der Waals surface area contributed by atoms with Crippen LogP contribution in [0.25, 0.3) is 10.8 Å². The lowest BCUT2D eigenvalue weighted by atomic mass is 10.3. The van der Waals surface area contributed by atoms with E-state index in [0.717, 1.165) is 19.9 Å². The standard InChI is InChI=1S/C17H12N4O2S3/c22-15(8-11-9-24-16(19-11)13-5-3-7-23-13)20-12-4-1-2-6-14(12)26-17-21-18-10-25-17/h1-7,9-10H,8H2,(H,20,22). The second-order valence-electron chi connectivity index (χ2n) is 5.15. The molecule has 0 saturated carbocycles. The van der Waals surface area contributed by atoms with Gasteiger partial charge in [-0.3, -0.25) is 4.79 Å². The first-order valence-corrected chi connectivity index (χ1v) is 10.2. The first-order valence-electron chi connectivity index (χ1n) is 7.59. The summed E-state index contributed by atoms with van der Waals surface area (Å²) in [5.41, 5.74) is 3.15. The second-order valence-corrected chi connectivity index (χ2v) is 8.13. The summed E-state index contributed by atoms with van der Waals surface area (Å²) in [4.78, 5) is 17.8. The van der Waals surface area contributed by atoms with Crippen molar-refractivity contribution in [1.29, 1.82) is 0 Å². The molecule has 0 aliphatic rings. The summed E-state index contributed by atoms with van der Waals surface area (Å²) >= 11 is 4.39. The lowest BCUT2D eigenvalue weighted by Gasteiger charge is -2.08. The van der Waals surface area contributed by atoms with Gasteiger partial charge in [-0.1, -0.05) is 35.2 Å². The Morgan fingerprint density at radius 1 is 1.19 bits per heavy atom. The molecular weight excluding hydrogens is 388 g/mol. The quantitative estimate of drug-likeness (QED) is 0.510. The van der Waals surface area contributed by atoms with Gasteiger partial charge in [-0.2, -0.15) is 0 Å². The van der Waals surface area contributed by atoms with E-state index >= 15 is 0 Å². The number of nitrogens with one attached hydrogen (secondary N) is 1. The van der Waals surface area contributed by atoms with Crippen molar-refractivity contribution in [2.24, 2.45) is 0 Å². The molecular formula is C17H12N4O2S3. The number of amides is 1. The number of aromatic nitrogens is 3. The normalized spacial score (nSPS) is 10.8. The highest BCUT2D eigenvalue weighted by molar-refractivity contribution is 8.01. The Morgan fingerprint density at radius 3 is 2.92 bits per heavy atom. The highest BCUT2D eigenvalue weighted by Crippen LogP contribution is 2.34. The van der Waals surface area contributed by atoms with Crippen LogP contribution >= 0.6 is 34.4 Å². The van der Waals surface area contributed by atoms with Crippen molar-refractivity contribution >= 4 is 46.0 Å². The molecule has 0 fully saturated rings. The fraction of sp³-hybridized carbons (Fsp3) is 0.0588. The Hall–Kier alpha value is -2.49. The lowest BCUT2D eigenvalue weighted by Crippen LogP contribution is -2.15. The molecule has 0 aliphatic carbocycles. The number of rotatable bonds is 6. The van der Waals surface area contributed by atoms with Gasteiger partial charge in [-0.15, -0.1) is 21.5 Å². The molecule has 0 saturated heterocycles. The van der Waals surface area contributed by atoms with E-state index < -0.39 is 0 Å². The van der Waals surface area contributed by atoms with Gasteiger partial charge in [0.1, 0.15) is 5.51 Å². The number of carbonyl (C=O) groups is 1. The maximum absolute atomic E-state index is 12.4. The zero-order chi connectivity index (χ0) is 17.8. The minimum atomic E-state index is -0.119. The number of nitrogens with zero attached hydrogens (tertiary/aromatic N) is 3. The molecule has 1 amide bonds. The third-order valence-corrected chi connectivity index (χ3v) is 6.08. The van der Waals surface area contributed by atoms with E-state index in [9.17, 15) is 4.79 Å². The zero-order valence-electron chi connectivity index (χ0n) is 13.3. The van der Waals surface area contributed by atoms with Crippen LogP contribution in [0, 0.1) is 0 Å². The van der Waals surface area contributed by atoms with Crippen molar-refractivity contribution in [3.8, 4) is 10.8 Å². The molecule has 3 aromatic heterocycles. The van der Waals surface area contributed by atoms with Crippen LogP contribution in [0.15, 0.2) is 67.2 Å². The van der Waals surface area contributed by atoms with Crippen molar-refractivity contribution in [1.82, 2.24) is 15.2 Å². The number of furan rings is 1. The van der Waals surface area contributed by atoms with E-state index in [4.69, 9.17) is 4.42 Å². The Kier molecular flexibility index (Phi) is 5.09. The number of hydrogen-bond donors (Lipinski definition) is 1. The van der Waals surface area contributed by atoms with Gasteiger partial charge in [-0.05, 0) is 24.3 Å². The Labute approximate surface area is 161 Å². The fourth-order valence-electron chi connectivity index (χ4n) is 2.22. The minimum absolute atomic E-state index is 0.119. The number of thiazole rings is 1. The molecule has 1 aromatic carbocycles. The summed E-state index contributed by atoms with van der Waals surface area (Å²) in [6.45, 7) is 0. The van der Waals surface area contributed by atoms with Crippen LogP contribution in [-0.2, 0) is 11.2 Å². The monoisotopic (exact) mass is 400 g/mol. The molecule has 0 bridgehead atoms. The van der Waals surface area contributed by atoms with E-state index in [1.54, 1.807) is 11.8 Å².